The molecule has 2 amide bonds. The lowest BCUT2D eigenvalue weighted by Crippen LogP contribution is -2.49. The first kappa shape index (κ1) is 26.2. The molecule has 0 spiro atoms. The Balaban J connectivity index is 1.17. The van der Waals surface area contributed by atoms with E-state index in [1.807, 2.05) is 16.3 Å². The highest BCUT2D eigenvalue weighted by Gasteiger charge is 2.33. The number of carbonyl (C=O) groups excluding carboxylic acids is 2. The van der Waals surface area contributed by atoms with E-state index in [4.69, 9.17) is 0 Å². The number of nitrogens with zero attached hydrogens (tertiary/aromatic N) is 3. The minimum atomic E-state index is -4.37. The Morgan fingerprint density at radius 3 is 2.16 bits per heavy atom. The third-order valence-corrected chi connectivity index (χ3v) is 8.21. The zero-order chi connectivity index (χ0) is 26.9. The van der Waals surface area contributed by atoms with Crippen LogP contribution in [0.4, 0.5) is 23.2 Å². The Bertz CT molecular complexity index is 1280. The number of piperazine rings is 1. The van der Waals surface area contributed by atoms with E-state index in [2.05, 4.69) is 0 Å². The monoisotopic (exact) mass is 545 g/mol. The average molecular weight is 546 g/mol. The molecular weight excluding hydrogens is 518 g/mol. The normalized spacial score (nSPS) is 17.9. The molecule has 2 aliphatic rings. The molecule has 0 aliphatic carbocycles. The second-order valence-corrected chi connectivity index (χ2v) is 10.5. The molecule has 2 aromatic carbocycles. The third-order valence-electron chi connectivity index (χ3n) is 7.22. The Morgan fingerprint density at radius 1 is 0.842 bits per heavy atom. The van der Waals surface area contributed by atoms with Gasteiger partial charge in [0, 0.05) is 56.1 Å². The number of halogens is 4. The number of fused-ring (bicyclic) bond motifs is 1. The lowest BCUT2D eigenvalue weighted by Gasteiger charge is -2.37. The van der Waals surface area contributed by atoms with Gasteiger partial charge in [0.25, 0.3) is 0 Å². The van der Waals surface area contributed by atoms with Crippen molar-refractivity contribution in [2.45, 2.75) is 31.5 Å². The van der Waals surface area contributed by atoms with Crippen molar-refractivity contribution in [2.75, 3.05) is 37.6 Å². The van der Waals surface area contributed by atoms with E-state index >= 15 is 0 Å². The highest BCUT2D eigenvalue weighted by molar-refractivity contribution is 7.10. The molecule has 1 unspecified atom stereocenters. The predicted octanol–water partition coefficient (Wildman–Crippen LogP) is 5.51. The fraction of sp³-hybridized carbons (Fsp3) is 0.357. The molecule has 1 atom stereocenters. The molecule has 0 bridgehead atoms. The van der Waals surface area contributed by atoms with Crippen LogP contribution in [-0.2, 0) is 22.2 Å². The van der Waals surface area contributed by atoms with Crippen LogP contribution >= 0.6 is 11.3 Å². The summed E-state index contributed by atoms with van der Waals surface area (Å²) in [5, 5.41) is 2.00. The van der Waals surface area contributed by atoms with Gasteiger partial charge in [-0.3, -0.25) is 9.59 Å². The molecule has 1 aromatic heterocycles. The van der Waals surface area contributed by atoms with Crippen molar-refractivity contribution in [3.05, 3.63) is 87.4 Å². The highest BCUT2D eigenvalue weighted by Crippen LogP contribution is 2.38. The van der Waals surface area contributed by atoms with Crippen LogP contribution in [0.3, 0.4) is 0 Å². The number of hydrogen-bond donors (Lipinski definition) is 0. The summed E-state index contributed by atoms with van der Waals surface area (Å²) in [6.07, 6.45) is -3.46. The molecule has 5 rings (SSSR count). The Hall–Kier alpha value is -3.40. The Kier molecular flexibility index (Phi) is 7.43. The quantitative estimate of drug-likeness (QED) is 0.398. The number of hydrogen-bond acceptors (Lipinski definition) is 4. The zero-order valence-electron chi connectivity index (χ0n) is 20.6. The first-order valence-corrected chi connectivity index (χ1v) is 13.4. The summed E-state index contributed by atoms with van der Waals surface area (Å²) in [7, 11) is 0. The van der Waals surface area contributed by atoms with E-state index < -0.39 is 11.7 Å². The molecular formula is C28H27F4N3O2S. The van der Waals surface area contributed by atoms with Crippen molar-refractivity contribution >= 4 is 28.8 Å². The van der Waals surface area contributed by atoms with Gasteiger partial charge in [-0.05, 0) is 65.4 Å². The van der Waals surface area contributed by atoms with Crippen LogP contribution in [0.1, 0.15) is 40.5 Å². The summed E-state index contributed by atoms with van der Waals surface area (Å²) in [5.74, 6) is -0.568. The first-order chi connectivity index (χ1) is 18.2. The maximum Gasteiger partial charge on any atom is 0.416 e. The molecule has 5 nitrogen and oxygen atoms in total. The number of thiophene rings is 1. The number of rotatable bonds is 5. The van der Waals surface area contributed by atoms with E-state index in [-0.39, 0.29) is 36.5 Å². The molecule has 0 N–H and O–H groups in total. The molecule has 200 valence electrons. The maximum atomic E-state index is 13.5. The third kappa shape index (κ3) is 5.55. The van der Waals surface area contributed by atoms with Crippen molar-refractivity contribution in [1.29, 1.82) is 0 Å². The number of amides is 2. The molecule has 0 saturated carbocycles. The van der Waals surface area contributed by atoms with E-state index in [0.717, 1.165) is 29.7 Å². The SMILES string of the molecule is O=C(CCC(=O)N1CCc2sccc2C1c1ccc(F)cc1)N1CCN(c2ccc(C(F)(F)F)cc2)CC1. The van der Waals surface area contributed by atoms with E-state index in [9.17, 15) is 27.2 Å². The zero-order valence-corrected chi connectivity index (χ0v) is 21.4. The smallest absolute Gasteiger partial charge is 0.368 e. The van der Waals surface area contributed by atoms with Crippen LogP contribution in [0.25, 0.3) is 0 Å². The van der Waals surface area contributed by atoms with Crippen LogP contribution in [0.15, 0.2) is 60.0 Å². The molecule has 1 saturated heterocycles. The fourth-order valence-corrected chi connectivity index (χ4v) is 6.08. The van der Waals surface area contributed by atoms with E-state index in [0.29, 0.717) is 38.4 Å². The van der Waals surface area contributed by atoms with E-state index in [1.54, 1.807) is 33.3 Å². The number of carbonyl (C=O) groups is 2. The summed E-state index contributed by atoms with van der Waals surface area (Å²) >= 11 is 1.65. The maximum absolute atomic E-state index is 13.5. The van der Waals surface area contributed by atoms with Crippen molar-refractivity contribution in [1.82, 2.24) is 9.80 Å². The van der Waals surface area contributed by atoms with Gasteiger partial charge in [0.1, 0.15) is 5.82 Å². The number of alkyl halides is 3. The summed E-state index contributed by atoms with van der Waals surface area (Å²) in [5.41, 5.74) is 1.88. The largest absolute Gasteiger partial charge is 0.416 e. The van der Waals surface area contributed by atoms with Gasteiger partial charge in [0.05, 0.1) is 11.6 Å². The van der Waals surface area contributed by atoms with Gasteiger partial charge in [-0.15, -0.1) is 11.3 Å². The van der Waals surface area contributed by atoms with Crippen LogP contribution in [0, 0.1) is 5.82 Å². The average Bonchev–Trinajstić information content (AvgIpc) is 3.40. The molecule has 38 heavy (non-hydrogen) atoms. The van der Waals surface area contributed by atoms with Gasteiger partial charge < -0.3 is 14.7 Å². The van der Waals surface area contributed by atoms with Crippen molar-refractivity contribution in [3.8, 4) is 0 Å². The lowest BCUT2D eigenvalue weighted by atomic mass is 9.93. The molecule has 2 aliphatic heterocycles. The second-order valence-electron chi connectivity index (χ2n) is 9.50. The molecule has 3 heterocycles. The molecule has 10 heteroatoms. The fourth-order valence-electron chi connectivity index (χ4n) is 5.18. The minimum Gasteiger partial charge on any atom is -0.368 e. The first-order valence-electron chi connectivity index (χ1n) is 12.5. The van der Waals surface area contributed by atoms with Gasteiger partial charge in [-0.25, -0.2) is 4.39 Å². The summed E-state index contributed by atoms with van der Waals surface area (Å²) in [6.45, 7) is 2.42. The Labute approximate surface area is 222 Å². The van der Waals surface area contributed by atoms with E-state index in [1.165, 1.54) is 29.1 Å². The standard InChI is InChI=1S/C28H27F4N3O2S/c29-21-5-1-19(2-6-21)27-23-12-18-38-24(23)11-13-35(27)26(37)10-9-25(36)34-16-14-33(15-17-34)22-7-3-20(4-8-22)28(30,31)32/h1-8,12,18,27H,9-11,13-17H2. The molecule has 0 radical (unpaired) electrons. The molecule has 1 fully saturated rings. The highest BCUT2D eigenvalue weighted by atomic mass is 32.1. The Morgan fingerprint density at radius 2 is 1.50 bits per heavy atom. The molecule has 3 aromatic rings. The lowest BCUT2D eigenvalue weighted by molar-refractivity contribution is -0.138. The van der Waals surface area contributed by atoms with Crippen molar-refractivity contribution < 1.29 is 27.2 Å². The van der Waals surface area contributed by atoms with Gasteiger partial charge in [0.15, 0.2) is 0 Å². The summed E-state index contributed by atoms with van der Waals surface area (Å²) in [6, 6.07) is 12.9. The number of anilines is 1. The van der Waals surface area contributed by atoms with Gasteiger partial charge >= 0.3 is 6.18 Å². The second kappa shape index (κ2) is 10.8. The van der Waals surface area contributed by atoms with Crippen LogP contribution in [0.5, 0.6) is 0 Å². The van der Waals surface area contributed by atoms with Crippen LogP contribution in [0.2, 0.25) is 0 Å². The minimum absolute atomic E-state index is 0.0785. The predicted molar refractivity (Wildman–Crippen MR) is 137 cm³/mol. The topological polar surface area (TPSA) is 43.9 Å². The van der Waals surface area contributed by atoms with Gasteiger partial charge in [0.2, 0.25) is 11.8 Å². The van der Waals surface area contributed by atoms with Crippen molar-refractivity contribution in [2.24, 2.45) is 0 Å². The summed E-state index contributed by atoms with van der Waals surface area (Å²) in [4.78, 5) is 32.9. The number of benzene rings is 2. The van der Waals surface area contributed by atoms with Crippen LogP contribution in [-0.4, -0.2) is 54.3 Å². The van der Waals surface area contributed by atoms with Crippen molar-refractivity contribution in [3.63, 3.8) is 0 Å². The van der Waals surface area contributed by atoms with Gasteiger partial charge in [-0.2, -0.15) is 13.2 Å². The van der Waals surface area contributed by atoms with Gasteiger partial charge in [-0.1, -0.05) is 12.1 Å². The van der Waals surface area contributed by atoms with Crippen LogP contribution < -0.4 is 4.90 Å². The summed E-state index contributed by atoms with van der Waals surface area (Å²) < 4.78 is 52.0.